The van der Waals surface area contributed by atoms with Crippen LogP contribution in [0.25, 0.3) is 0 Å². The fourth-order valence-corrected chi connectivity index (χ4v) is 5.68. The van der Waals surface area contributed by atoms with Gasteiger partial charge in [-0.25, -0.2) is 0 Å². The third-order valence-corrected chi connectivity index (χ3v) is 7.12. The lowest BCUT2D eigenvalue weighted by atomic mass is 9.53. The second-order valence-electron chi connectivity index (χ2n) is 8.05. The molecule has 0 amide bonds. The zero-order valence-electron chi connectivity index (χ0n) is 13.2. The Labute approximate surface area is 127 Å². The molecule has 4 aliphatic carbocycles. The minimum atomic E-state index is -0.390. The van der Waals surface area contributed by atoms with Crippen LogP contribution < -0.4 is 5.73 Å². The van der Waals surface area contributed by atoms with Gasteiger partial charge < -0.3 is 10.8 Å². The lowest BCUT2D eigenvalue weighted by Gasteiger charge is -2.52. The molecule has 0 radical (unpaired) electrons. The molecule has 4 aliphatic rings. The fraction of sp³-hybridized carbons (Fsp3) is 0.684. The molecule has 0 aliphatic heterocycles. The highest BCUT2D eigenvalue weighted by atomic mass is 16.3. The third kappa shape index (κ3) is 1.72. The lowest BCUT2D eigenvalue weighted by molar-refractivity contribution is 0.118. The van der Waals surface area contributed by atoms with Crippen LogP contribution in [0.1, 0.15) is 46.0 Å². The summed E-state index contributed by atoms with van der Waals surface area (Å²) < 4.78 is 0. The maximum Gasteiger partial charge on any atom is 0.0906 e. The Balaban J connectivity index is 1.77. The van der Waals surface area contributed by atoms with Crippen molar-refractivity contribution in [2.24, 2.45) is 28.4 Å². The smallest absolute Gasteiger partial charge is 0.0906 e. The maximum absolute atomic E-state index is 9.89. The summed E-state index contributed by atoms with van der Waals surface area (Å²) in [5.74, 6) is 1.45. The quantitative estimate of drug-likeness (QED) is 0.671. The van der Waals surface area contributed by atoms with Crippen molar-refractivity contribution >= 4 is 0 Å². The van der Waals surface area contributed by atoms with Crippen LogP contribution in [-0.2, 0) is 0 Å². The molecular formula is C19H27NO. The summed E-state index contributed by atoms with van der Waals surface area (Å²) in [6.07, 6.45) is 14.4. The van der Waals surface area contributed by atoms with Crippen LogP contribution in [0, 0.1) is 22.7 Å². The van der Waals surface area contributed by atoms with Gasteiger partial charge in [-0.1, -0.05) is 42.4 Å². The van der Waals surface area contributed by atoms with Crippen LogP contribution in [-0.4, -0.2) is 17.3 Å². The van der Waals surface area contributed by atoms with Gasteiger partial charge in [0.05, 0.1) is 6.10 Å². The standard InChI is InChI=1S/C19H27NO/c1-18-9-7-13(21)11-12(18)3-4-14-15-5-6-17(20)19(15,2)10-8-16(14)18/h7-9,11,13-15,17,21H,3-6,10,20H2,1-2H3/t13-,14-,15-,17-,18-,19-/m0/s1. The van der Waals surface area contributed by atoms with E-state index in [4.69, 9.17) is 5.73 Å². The SMILES string of the molecule is C[C@]12C=C[C@H](O)C=C1CC[C@@H]1C2=CC[C@]2(C)[C@@H](N)CC[C@@H]12. The molecular weight excluding hydrogens is 258 g/mol. The van der Waals surface area contributed by atoms with E-state index in [2.05, 4.69) is 32.1 Å². The first kappa shape index (κ1) is 13.8. The van der Waals surface area contributed by atoms with Crippen molar-refractivity contribution in [3.8, 4) is 0 Å². The minimum absolute atomic E-state index is 0.0517. The van der Waals surface area contributed by atoms with Gasteiger partial charge in [0.25, 0.3) is 0 Å². The van der Waals surface area contributed by atoms with Crippen LogP contribution in [0.15, 0.2) is 35.5 Å². The van der Waals surface area contributed by atoms with Crippen molar-refractivity contribution in [3.63, 3.8) is 0 Å². The first-order chi connectivity index (χ1) is 9.95. The van der Waals surface area contributed by atoms with Crippen LogP contribution in [0.5, 0.6) is 0 Å². The van der Waals surface area contributed by atoms with Gasteiger partial charge in [0.1, 0.15) is 0 Å². The summed E-state index contributed by atoms with van der Waals surface area (Å²) in [7, 11) is 0. The topological polar surface area (TPSA) is 46.2 Å². The van der Waals surface area contributed by atoms with E-state index in [9.17, 15) is 5.11 Å². The van der Waals surface area contributed by atoms with E-state index in [0.717, 1.165) is 18.8 Å². The zero-order chi connectivity index (χ0) is 14.8. The molecule has 0 aromatic heterocycles. The monoisotopic (exact) mass is 285 g/mol. The number of nitrogens with two attached hydrogens (primary N) is 1. The van der Waals surface area contributed by atoms with Gasteiger partial charge >= 0.3 is 0 Å². The molecule has 2 saturated carbocycles. The van der Waals surface area contributed by atoms with Crippen molar-refractivity contribution in [1.82, 2.24) is 0 Å². The molecule has 2 nitrogen and oxygen atoms in total. The summed E-state index contributed by atoms with van der Waals surface area (Å²) in [6, 6.07) is 0.369. The minimum Gasteiger partial charge on any atom is -0.385 e. The van der Waals surface area contributed by atoms with Gasteiger partial charge in [-0.2, -0.15) is 0 Å². The number of aliphatic hydroxyl groups excluding tert-OH is 1. The average molecular weight is 285 g/mol. The van der Waals surface area contributed by atoms with Gasteiger partial charge in [-0.05, 0) is 56.3 Å². The lowest BCUT2D eigenvalue weighted by Crippen LogP contribution is -2.46. The second kappa shape index (κ2) is 4.33. The van der Waals surface area contributed by atoms with Crippen molar-refractivity contribution in [2.75, 3.05) is 0 Å². The molecule has 0 aromatic rings. The van der Waals surface area contributed by atoms with Crippen molar-refractivity contribution < 1.29 is 5.11 Å². The van der Waals surface area contributed by atoms with Gasteiger partial charge in [0.15, 0.2) is 0 Å². The van der Waals surface area contributed by atoms with E-state index in [0.29, 0.717) is 17.4 Å². The first-order valence-electron chi connectivity index (χ1n) is 8.50. The zero-order valence-corrected chi connectivity index (χ0v) is 13.2. The van der Waals surface area contributed by atoms with Crippen LogP contribution in [0.4, 0.5) is 0 Å². The summed E-state index contributed by atoms with van der Waals surface area (Å²) >= 11 is 0. The van der Waals surface area contributed by atoms with Crippen LogP contribution in [0.2, 0.25) is 0 Å². The van der Waals surface area contributed by atoms with Crippen LogP contribution in [0.3, 0.4) is 0 Å². The molecule has 0 bridgehead atoms. The van der Waals surface area contributed by atoms with E-state index in [-0.39, 0.29) is 11.5 Å². The molecule has 0 spiro atoms. The van der Waals surface area contributed by atoms with Crippen LogP contribution >= 0.6 is 0 Å². The summed E-state index contributed by atoms with van der Waals surface area (Å²) in [5, 5.41) is 9.89. The molecule has 0 saturated heterocycles. The number of rotatable bonds is 0. The van der Waals surface area contributed by atoms with Crippen molar-refractivity contribution in [1.29, 1.82) is 0 Å². The second-order valence-corrected chi connectivity index (χ2v) is 8.05. The Morgan fingerprint density at radius 2 is 2.05 bits per heavy atom. The van der Waals surface area contributed by atoms with Gasteiger partial charge in [-0.15, -0.1) is 0 Å². The van der Waals surface area contributed by atoms with E-state index in [1.165, 1.54) is 24.8 Å². The van der Waals surface area contributed by atoms with E-state index in [1.807, 2.05) is 6.08 Å². The summed E-state index contributed by atoms with van der Waals surface area (Å²) in [4.78, 5) is 0. The normalized spacial score (nSPS) is 51.6. The Hall–Kier alpha value is -0.860. The van der Waals surface area contributed by atoms with Gasteiger partial charge in [-0.3, -0.25) is 0 Å². The Bertz CT molecular complexity index is 560. The number of hydrogen-bond acceptors (Lipinski definition) is 2. The highest BCUT2D eigenvalue weighted by molar-refractivity contribution is 5.44. The first-order valence-corrected chi connectivity index (χ1v) is 8.50. The Morgan fingerprint density at radius 3 is 2.86 bits per heavy atom. The molecule has 21 heavy (non-hydrogen) atoms. The van der Waals surface area contributed by atoms with E-state index < -0.39 is 0 Å². The van der Waals surface area contributed by atoms with E-state index >= 15 is 0 Å². The molecule has 114 valence electrons. The molecule has 3 N–H and O–H groups in total. The summed E-state index contributed by atoms with van der Waals surface area (Å²) in [5.41, 5.74) is 9.83. The fourth-order valence-electron chi connectivity index (χ4n) is 5.68. The van der Waals surface area contributed by atoms with Gasteiger partial charge in [0.2, 0.25) is 0 Å². The molecule has 0 unspecified atom stereocenters. The van der Waals surface area contributed by atoms with Crippen molar-refractivity contribution in [3.05, 3.63) is 35.5 Å². The molecule has 6 atom stereocenters. The van der Waals surface area contributed by atoms with E-state index in [1.54, 1.807) is 5.57 Å². The molecule has 2 heteroatoms. The van der Waals surface area contributed by atoms with Crippen molar-refractivity contribution in [2.45, 2.75) is 58.1 Å². The maximum atomic E-state index is 9.89. The summed E-state index contributed by atoms with van der Waals surface area (Å²) in [6.45, 7) is 4.76. The largest absolute Gasteiger partial charge is 0.385 e. The molecule has 4 rings (SSSR count). The number of fused-ring (bicyclic) bond motifs is 5. The molecule has 2 fully saturated rings. The molecule has 0 aromatic carbocycles. The average Bonchev–Trinajstić information content (AvgIpc) is 2.76. The predicted octanol–water partition coefficient (Wildman–Crippen LogP) is 3.33. The number of hydrogen-bond donors (Lipinski definition) is 2. The molecule has 0 heterocycles. The number of aliphatic hydroxyl groups is 1. The third-order valence-electron chi connectivity index (χ3n) is 7.12. The number of allylic oxidation sites excluding steroid dienone is 4. The highest BCUT2D eigenvalue weighted by Crippen LogP contribution is 2.61. The predicted molar refractivity (Wildman–Crippen MR) is 85.6 cm³/mol. The Kier molecular flexibility index (Phi) is 2.84. The highest BCUT2D eigenvalue weighted by Gasteiger charge is 2.54. The Morgan fingerprint density at radius 1 is 1.24 bits per heavy atom. The van der Waals surface area contributed by atoms with Gasteiger partial charge in [0, 0.05) is 11.5 Å².